The maximum absolute atomic E-state index is 12.1. The highest BCUT2D eigenvalue weighted by Crippen LogP contribution is 2.24. The van der Waals surface area contributed by atoms with Crippen molar-refractivity contribution < 1.29 is 4.79 Å². The summed E-state index contributed by atoms with van der Waals surface area (Å²) in [5.41, 5.74) is 3.17. The van der Waals surface area contributed by atoms with Gasteiger partial charge >= 0.3 is 0 Å². The highest BCUT2D eigenvalue weighted by molar-refractivity contribution is 7.99. The molecule has 21 heavy (non-hydrogen) atoms. The standard InChI is InChI=1S/C17H20N2OS/c1-12(2)14-6-4-5-7-15(14)19-16(20)11-21-17-9-8-13(3)10-18-17/h4-10,12H,11H2,1-3H3,(H,19,20). The van der Waals surface area contributed by atoms with Gasteiger partial charge in [-0.25, -0.2) is 4.98 Å². The molecule has 2 rings (SSSR count). The van der Waals surface area contributed by atoms with Gasteiger partial charge in [0.05, 0.1) is 10.8 Å². The fourth-order valence-electron chi connectivity index (χ4n) is 1.98. The average molecular weight is 300 g/mol. The minimum absolute atomic E-state index is 0.00419. The molecule has 0 atom stereocenters. The summed E-state index contributed by atoms with van der Waals surface area (Å²) in [6.45, 7) is 6.24. The molecule has 0 aliphatic heterocycles. The third-order valence-corrected chi connectivity index (χ3v) is 4.04. The summed E-state index contributed by atoms with van der Waals surface area (Å²) in [7, 11) is 0. The number of rotatable bonds is 5. The van der Waals surface area contributed by atoms with E-state index in [9.17, 15) is 4.79 Å². The Morgan fingerprint density at radius 3 is 2.67 bits per heavy atom. The average Bonchev–Trinajstić information content (AvgIpc) is 2.47. The second-order valence-corrected chi connectivity index (χ2v) is 6.25. The van der Waals surface area contributed by atoms with Gasteiger partial charge in [-0.15, -0.1) is 0 Å². The molecule has 4 heteroatoms. The molecule has 2 aromatic rings. The van der Waals surface area contributed by atoms with Gasteiger partial charge in [0.1, 0.15) is 0 Å². The van der Waals surface area contributed by atoms with Crippen molar-refractivity contribution in [2.45, 2.75) is 31.7 Å². The fourth-order valence-corrected chi connectivity index (χ4v) is 2.62. The molecule has 1 aromatic carbocycles. The van der Waals surface area contributed by atoms with Crippen molar-refractivity contribution >= 4 is 23.4 Å². The number of pyridine rings is 1. The van der Waals surface area contributed by atoms with Gasteiger partial charge in [-0.1, -0.05) is 49.9 Å². The minimum atomic E-state index is -0.00419. The van der Waals surface area contributed by atoms with Crippen LogP contribution in [-0.2, 0) is 4.79 Å². The van der Waals surface area contributed by atoms with Crippen LogP contribution in [0.2, 0.25) is 0 Å². The Bertz CT molecular complexity index is 608. The van der Waals surface area contributed by atoms with Crippen LogP contribution in [0.3, 0.4) is 0 Å². The Kier molecular flexibility index (Phi) is 5.39. The molecular formula is C17H20N2OS. The van der Waals surface area contributed by atoms with Crippen molar-refractivity contribution in [1.29, 1.82) is 0 Å². The van der Waals surface area contributed by atoms with Gasteiger partial charge in [-0.05, 0) is 36.1 Å². The predicted octanol–water partition coefficient (Wildman–Crippen LogP) is 4.24. The van der Waals surface area contributed by atoms with E-state index in [1.807, 2.05) is 43.5 Å². The summed E-state index contributed by atoms with van der Waals surface area (Å²) < 4.78 is 0. The second kappa shape index (κ2) is 7.27. The first kappa shape index (κ1) is 15.6. The molecule has 0 aliphatic carbocycles. The van der Waals surface area contributed by atoms with Crippen molar-refractivity contribution in [3.05, 3.63) is 53.7 Å². The van der Waals surface area contributed by atoms with E-state index in [2.05, 4.69) is 30.2 Å². The summed E-state index contributed by atoms with van der Waals surface area (Å²) >= 11 is 1.45. The van der Waals surface area contributed by atoms with E-state index in [1.165, 1.54) is 11.8 Å². The van der Waals surface area contributed by atoms with E-state index in [0.717, 1.165) is 21.8 Å². The molecule has 110 valence electrons. The molecule has 1 N–H and O–H groups in total. The number of benzene rings is 1. The van der Waals surface area contributed by atoms with E-state index in [1.54, 1.807) is 0 Å². The molecule has 0 radical (unpaired) electrons. The molecule has 0 spiro atoms. The molecule has 1 amide bonds. The second-order valence-electron chi connectivity index (χ2n) is 5.25. The maximum Gasteiger partial charge on any atom is 0.234 e. The number of anilines is 1. The highest BCUT2D eigenvalue weighted by atomic mass is 32.2. The molecule has 0 fully saturated rings. The van der Waals surface area contributed by atoms with E-state index in [4.69, 9.17) is 0 Å². The van der Waals surface area contributed by atoms with Crippen molar-refractivity contribution in [3.8, 4) is 0 Å². The summed E-state index contributed by atoms with van der Waals surface area (Å²) in [4.78, 5) is 16.4. The zero-order chi connectivity index (χ0) is 15.2. The number of hydrogen-bond donors (Lipinski definition) is 1. The summed E-state index contributed by atoms with van der Waals surface area (Å²) in [6, 6.07) is 11.9. The van der Waals surface area contributed by atoms with Gasteiger partial charge in [0, 0.05) is 11.9 Å². The Morgan fingerprint density at radius 1 is 1.24 bits per heavy atom. The molecule has 3 nitrogen and oxygen atoms in total. The highest BCUT2D eigenvalue weighted by Gasteiger charge is 2.09. The number of nitrogens with zero attached hydrogens (tertiary/aromatic N) is 1. The Labute approximate surface area is 130 Å². The number of carbonyl (C=O) groups excluding carboxylic acids is 1. The minimum Gasteiger partial charge on any atom is -0.325 e. The SMILES string of the molecule is Cc1ccc(SCC(=O)Nc2ccccc2C(C)C)nc1. The van der Waals surface area contributed by atoms with Gasteiger partial charge in [0.15, 0.2) is 0 Å². The number of aryl methyl sites for hydroxylation is 1. The number of carbonyl (C=O) groups is 1. The summed E-state index contributed by atoms with van der Waals surface area (Å²) in [5, 5.41) is 3.85. The maximum atomic E-state index is 12.1. The normalized spacial score (nSPS) is 10.7. The van der Waals surface area contributed by atoms with E-state index in [0.29, 0.717) is 11.7 Å². The van der Waals surface area contributed by atoms with Crippen LogP contribution in [-0.4, -0.2) is 16.6 Å². The van der Waals surface area contributed by atoms with Crippen LogP contribution in [0.5, 0.6) is 0 Å². The van der Waals surface area contributed by atoms with Crippen molar-refractivity contribution in [2.24, 2.45) is 0 Å². The molecule has 0 bridgehead atoms. The first-order valence-electron chi connectivity index (χ1n) is 7.00. The largest absolute Gasteiger partial charge is 0.325 e. The van der Waals surface area contributed by atoms with Crippen LogP contribution in [0.25, 0.3) is 0 Å². The topological polar surface area (TPSA) is 42.0 Å². The molecule has 1 aromatic heterocycles. The van der Waals surface area contributed by atoms with Gasteiger partial charge in [-0.2, -0.15) is 0 Å². The van der Waals surface area contributed by atoms with Crippen molar-refractivity contribution in [3.63, 3.8) is 0 Å². The number of thioether (sulfide) groups is 1. The Hall–Kier alpha value is -1.81. The van der Waals surface area contributed by atoms with E-state index in [-0.39, 0.29) is 5.91 Å². The lowest BCUT2D eigenvalue weighted by molar-refractivity contribution is -0.113. The molecule has 0 aliphatic rings. The zero-order valence-corrected chi connectivity index (χ0v) is 13.4. The van der Waals surface area contributed by atoms with E-state index < -0.39 is 0 Å². The molecule has 0 unspecified atom stereocenters. The van der Waals surface area contributed by atoms with Gasteiger partial charge in [-0.3, -0.25) is 4.79 Å². The molecule has 0 saturated heterocycles. The number of hydrogen-bond acceptors (Lipinski definition) is 3. The van der Waals surface area contributed by atoms with Crippen LogP contribution < -0.4 is 5.32 Å². The molecule has 0 saturated carbocycles. The molecular weight excluding hydrogens is 280 g/mol. The van der Waals surface area contributed by atoms with Crippen molar-refractivity contribution in [2.75, 3.05) is 11.1 Å². The van der Waals surface area contributed by atoms with Gasteiger partial charge < -0.3 is 5.32 Å². The number of amides is 1. The zero-order valence-electron chi connectivity index (χ0n) is 12.6. The van der Waals surface area contributed by atoms with Crippen LogP contribution in [0.1, 0.15) is 30.9 Å². The third kappa shape index (κ3) is 4.60. The van der Waals surface area contributed by atoms with Gasteiger partial charge in [0.2, 0.25) is 5.91 Å². The lowest BCUT2D eigenvalue weighted by Crippen LogP contribution is -2.15. The first-order valence-corrected chi connectivity index (χ1v) is 7.99. The van der Waals surface area contributed by atoms with Crippen molar-refractivity contribution in [1.82, 2.24) is 4.98 Å². The van der Waals surface area contributed by atoms with Crippen LogP contribution in [0, 0.1) is 6.92 Å². The molecule has 1 heterocycles. The van der Waals surface area contributed by atoms with Crippen LogP contribution in [0.4, 0.5) is 5.69 Å². The summed E-state index contributed by atoms with van der Waals surface area (Å²) in [6.07, 6.45) is 1.81. The lowest BCUT2D eigenvalue weighted by Gasteiger charge is -2.13. The third-order valence-electron chi connectivity index (χ3n) is 3.09. The van der Waals surface area contributed by atoms with Crippen LogP contribution >= 0.6 is 11.8 Å². The predicted molar refractivity (Wildman–Crippen MR) is 88.9 cm³/mol. The quantitative estimate of drug-likeness (QED) is 0.840. The fraction of sp³-hybridized carbons (Fsp3) is 0.294. The smallest absolute Gasteiger partial charge is 0.234 e. The monoisotopic (exact) mass is 300 g/mol. The Morgan fingerprint density at radius 2 is 2.00 bits per heavy atom. The number of nitrogens with one attached hydrogen (secondary N) is 1. The summed E-state index contributed by atoms with van der Waals surface area (Å²) in [5.74, 6) is 0.742. The first-order chi connectivity index (χ1) is 10.1. The number of para-hydroxylation sites is 1. The van der Waals surface area contributed by atoms with E-state index >= 15 is 0 Å². The Balaban J connectivity index is 1.94. The van der Waals surface area contributed by atoms with Crippen LogP contribution in [0.15, 0.2) is 47.6 Å². The number of aromatic nitrogens is 1. The van der Waals surface area contributed by atoms with Gasteiger partial charge in [0.25, 0.3) is 0 Å². The lowest BCUT2D eigenvalue weighted by atomic mass is 10.0.